The number of ether oxygens (including phenoxy) is 4. The normalized spacial score (nSPS) is 13.5. The second-order valence-corrected chi connectivity index (χ2v) is 6.76. The molecule has 156 valence electrons. The highest BCUT2D eigenvalue weighted by molar-refractivity contribution is 6.14. The van der Waals surface area contributed by atoms with Gasteiger partial charge in [0.15, 0.2) is 29.6 Å². The van der Waals surface area contributed by atoms with Gasteiger partial charge in [-0.25, -0.2) is 0 Å². The molecule has 0 fully saturated rings. The van der Waals surface area contributed by atoms with Crippen molar-refractivity contribution in [3.05, 3.63) is 89.2 Å². The first kappa shape index (κ1) is 20.2. The number of ketones is 2. The molecule has 0 spiro atoms. The van der Waals surface area contributed by atoms with E-state index in [-0.39, 0.29) is 23.9 Å². The van der Waals surface area contributed by atoms with Crippen LogP contribution in [0.3, 0.4) is 0 Å². The average Bonchev–Trinajstić information content (AvgIpc) is 3.12. The third-order valence-electron chi connectivity index (χ3n) is 4.83. The minimum Gasteiger partial charge on any atom is -0.493 e. The molecule has 0 aromatic heterocycles. The first-order valence-corrected chi connectivity index (χ1v) is 9.61. The molecule has 1 aliphatic heterocycles. The lowest BCUT2D eigenvalue weighted by Crippen LogP contribution is -2.11. The molecular weight excluding hydrogens is 396 g/mol. The van der Waals surface area contributed by atoms with Gasteiger partial charge in [0, 0.05) is 17.2 Å². The topological polar surface area (TPSA) is 71.1 Å². The molecule has 0 aliphatic carbocycles. The highest BCUT2D eigenvalue weighted by Gasteiger charge is 2.28. The zero-order valence-electron chi connectivity index (χ0n) is 17.1. The molecule has 0 atom stereocenters. The van der Waals surface area contributed by atoms with E-state index in [9.17, 15) is 9.59 Å². The fraction of sp³-hybridized carbons (Fsp3) is 0.120. The molecule has 1 heterocycles. The number of methoxy groups -OCH3 is 2. The molecule has 0 saturated heterocycles. The van der Waals surface area contributed by atoms with E-state index >= 15 is 0 Å². The van der Waals surface area contributed by atoms with E-state index in [0.717, 1.165) is 0 Å². The van der Waals surface area contributed by atoms with Gasteiger partial charge < -0.3 is 18.9 Å². The number of Topliss-reactive ketones (excluding diaryl/α,β-unsaturated/α-hetero) is 2. The Morgan fingerprint density at radius 2 is 1.77 bits per heavy atom. The molecule has 31 heavy (non-hydrogen) atoms. The molecule has 0 saturated carbocycles. The number of hydrogen-bond acceptors (Lipinski definition) is 6. The minimum absolute atomic E-state index is 0.111. The Bertz CT molecular complexity index is 1160. The van der Waals surface area contributed by atoms with Crippen molar-refractivity contribution in [3.63, 3.8) is 0 Å². The lowest BCUT2D eigenvalue weighted by molar-refractivity contribution is 0.0921. The summed E-state index contributed by atoms with van der Waals surface area (Å²) in [6, 6.07) is 19.2. The monoisotopic (exact) mass is 416 g/mol. The van der Waals surface area contributed by atoms with Crippen molar-refractivity contribution in [2.45, 2.75) is 0 Å². The van der Waals surface area contributed by atoms with Crippen molar-refractivity contribution < 1.29 is 28.5 Å². The van der Waals surface area contributed by atoms with E-state index in [4.69, 9.17) is 18.9 Å². The van der Waals surface area contributed by atoms with Gasteiger partial charge >= 0.3 is 0 Å². The molecule has 6 heteroatoms. The maximum absolute atomic E-state index is 12.8. The van der Waals surface area contributed by atoms with E-state index in [2.05, 4.69) is 0 Å². The quantitative estimate of drug-likeness (QED) is 0.415. The zero-order chi connectivity index (χ0) is 21.8. The van der Waals surface area contributed by atoms with Crippen LogP contribution in [0, 0.1) is 0 Å². The summed E-state index contributed by atoms with van der Waals surface area (Å²) in [5, 5.41) is 0. The Hall–Kier alpha value is -4.06. The van der Waals surface area contributed by atoms with Gasteiger partial charge in [0.2, 0.25) is 5.78 Å². The van der Waals surface area contributed by atoms with Crippen LogP contribution in [-0.4, -0.2) is 32.4 Å². The maximum atomic E-state index is 12.8. The first-order valence-electron chi connectivity index (χ1n) is 9.61. The fourth-order valence-corrected chi connectivity index (χ4v) is 3.28. The first-order chi connectivity index (χ1) is 15.1. The van der Waals surface area contributed by atoms with Crippen molar-refractivity contribution in [3.8, 4) is 23.0 Å². The van der Waals surface area contributed by atoms with Crippen LogP contribution in [0.25, 0.3) is 6.08 Å². The van der Waals surface area contributed by atoms with Crippen LogP contribution < -0.4 is 18.9 Å². The van der Waals surface area contributed by atoms with Crippen molar-refractivity contribution in [2.24, 2.45) is 0 Å². The van der Waals surface area contributed by atoms with Crippen LogP contribution in [-0.2, 0) is 0 Å². The summed E-state index contributed by atoms with van der Waals surface area (Å²) >= 11 is 0. The summed E-state index contributed by atoms with van der Waals surface area (Å²) in [4.78, 5) is 25.0. The van der Waals surface area contributed by atoms with E-state index in [0.29, 0.717) is 39.7 Å². The average molecular weight is 416 g/mol. The molecule has 0 amide bonds. The van der Waals surface area contributed by atoms with Gasteiger partial charge in [-0.1, -0.05) is 42.5 Å². The van der Waals surface area contributed by atoms with Crippen LogP contribution in [0.1, 0.15) is 26.3 Å². The Kier molecular flexibility index (Phi) is 5.71. The van der Waals surface area contributed by atoms with Crippen molar-refractivity contribution in [1.82, 2.24) is 0 Å². The number of rotatable bonds is 7. The summed E-state index contributed by atoms with van der Waals surface area (Å²) in [6.07, 6.45) is 1.61. The number of para-hydroxylation sites is 1. The lowest BCUT2D eigenvalue weighted by atomic mass is 10.1. The highest BCUT2D eigenvalue weighted by Crippen LogP contribution is 2.37. The molecular formula is C25H20O6. The smallest absolute Gasteiger partial charge is 0.231 e. The zero-order valence-corrected chi connectivity index (χ0v) is 17.1. The van der Waals surface area contributed by atoms with Gasteiger partial charge in [-0.15, -0.1) is 0 Å². The molecule has 0 unspecified atom stereocenters. The minimum atomic E-state index is -0.244. The molecule has 3 aromatic rings. The van der Waals surface area contributed by atoms with Gasteiger partial charge in [0.1, 0.15) is 11.5 Å². The summed E-state index contributed by atoms with van der Waals surface area (Å²) < 4.78 is 22.1. The third-order valence-corrected chi connectivity index (χ3v) is 4.83. The Morgan fingerprint density at radius 3 is 2.52 bits per heavy atom. The van der Waals surface area contributed by atoms with E-state index < -0.39 is 0 Å². The number of fused-ring (bicyclic) bond motifs is 1. The molecule has 0 N–H and O–H groups in total. The van der Waals surface area contributed by atoms with E-state index in [1.54, 1.807) is 73.8 Å². The predicted molar refractivity (Wildman–Crippen MR) is 115 cm³/mol. The SMILES string of the molecule is COc1cccc(C=C2Oc3cc(OCC(=O)c4ccccc4)ccc3C2=O)c1OC. The fourth-order valence-electron chi connectivity index (χ4n) is 3.28. The van der Waals surface area contributed by atoms with Gasteiger partial charge in [-0.2, -0.15) is 0 Å². The van der Waals surface area contributed by atoms with Crippen LogP contribution >= 0.6 is 0 Å². The Labute approximate surface area is 179 Å². The maximum Gasteiger partial charge on any atom is 0.231 e. The number of benzene rings is 3. The third kappa shape index (κ3) is 4.14. The summed E-state index contributed by atoms with van der Waals surface area (Å²) in [7, 11) is 3.08. The number of carbonyl (C=O) groups excluding carboxylic acids is 2. The van der Waals surface area contributed by atoms with E-state index in [1.165, 1.54) is 7.11 Å². The van der Waals surface area contributed by atoms with Gasteiger partial charge in [-0.3, -0.25) is 9.59 Å². The standard InChI is InChI=1S/C25H20O6/c1-28-21-10-6-9-17(25(21)29-2)13-23-24(27)19-12-11-18(14-22(19)31-23)30-15-20(26)16-7-4-3-5-8-16/h3-14H,15H2,1-2H3. The van der Waals surface area contributed by atoms with Crippen LogP contribution in [0.5, 0.6) is 23.0 Å². The largest absolute Gasteiger partial charge is 0.493 e. The van der Waals surface area contributed by atoms with Gasteiger partial charge in [0.05, 0.1) is 19.8 Å². The second-order valence-electron chi connectivity index (χ2n) is 6.76. The Morgan fingerprint density at radius 1 is 0.968 bits per heavy atom. The van der Waals surface area contributed by atoms with Crippen LogP contribution in [0.2, 0.25) is 0 Å². The predicted octanol–water partition coefficient (Wildman–Crippen LogP) is 4.58. The summed E-state index contributed by atoms with van der Waals surface area (Å²) in [6.45, 7) is -0.111. The van der Waals surface area contributed by atoms with Crippen LogP contribution in [0.15, 0.2) is 72.5 Å². The number of carbonyl (C=O) groups is 2. The number of hydrogen-bond donors (Lipinski definition) is 0. The van der Waals surface area contributed by atoms with Gasteiger partial charge in [0.25, 0.3) is 0 Å². The lowest BCUT2D eigenvalue weighted by Gasteiger charge is -2.10. The number of allylic oxidation sites excluding steroid dienone is 1. The second kappa shape index (κ2) is 8.75. The molecule has 6 nitrogen and oxygen atoms in total. The van der Waals surface area contributed by atoms with Crippen molar-refractivity contribution in [2.75, 3.05) is 20.8 Å². The molecule has 3 aromatic carbocycles. The Balaban J connectivity index is 1.52. The van der Waals surface area contributed by atoms with E-state index in [1.807, 2.05) is 6.07 Å². The molecule has 1 aliphatic rings. The van der Waals surface area contributed by atoms with Crippen molar-refractivity contribution in [1.29, 1.82) is 0 Å². The highest BCUT2D eigenvalue weighted by atomic mass is 16.5. The molecule has 0 radical (unpaired) electrons. The van der Waals surface area contributed by atoms with Crippen LogP contribution in [0.4, 0.5) is 0 Å². The molecule has 4 rings (SSSR count). The van der Waals surface area contributed by atoms with Gasteiger partial charge in [-0.05, 0) is 24.3 Å². The molecule has 0 bridgehead atoms. The van der Waals surface area contributed by atoms with Crippen molar-refractivity contribution >= 4 is 17.6 Å². The summed E-state index contributed by atoms with van der Waals surface area (Å²) in [5.74, 6) is 1.67. The summed E-state index contributed by atoms with van der Waals surface area (Å²) in [5.41, 5.74) is 1.66.